The predicted octanol–water partition coefficient (Wildman–Crippen LogP) is -7.32. The summed E-state index contributed by atoms with van der Waals surface area (Å²) in [6.45, 7) is 0. The Labute approximate surface area is 261 Å². The van der Waals surface area contributed by atoms with Crippen LogP contribution in [-0.4, -0.2) is 196 Å². The Morgan fingerprint density at radius 1 is 0.447 bits per heavy atom. The van der Waals surface area contributed by atoms with Gasteiger partial charge in [-0.25, -0.2) is 19.2 Å². The van der Waals surface area contributed by atoms with Gasteiger partial charge in [-0.1, -0.05) is 0 Å². The number of aliphatic hydroxyl groups excluding tert-OH is 8. The molecular weight excluding hydrogens is 656 g/mol. The van der Waals surface area contributed by atoms with Crippen LogP contribution in [0.1, 0.15) is 12.8 Å². The first-order valence-corrected chi connectivity index (χ1v) is 13.9. The van der Waals surface area contributed by atoms with E-state index in [1.165, 1.54) is 0 Å². The van der Waals surface area contributed by atoms with E-state index in [9.17, 15) is 80.5 Å². The van der Waals surface area contributed by atoms with Crippen molar-refractivity contribution >= 4 is 23.9 Å². The standard InChI is InChI=1S/C24H34O23/c25-3-1-5(12(17(32)33)43-21(3)40)41-24-11(31)9(29)14(16(47-24)20(38)39)45-22-4(26)2-6(13(44-22)18(34)35)42-23-10(30)7(27)8(28)15(46-23)19(36)37/h3-16,21-31,40H,1-2H2,(H,32,33)(H,34,35)(H,36,37)(H,38,39)/t3?,4?,5?,6?,7?,8?,9?,10?,11?,12-,13-,14?,15?,16?,21?,22?,23?,24?/m1/s1. The molecule has 0 spiro atoms. The molecule has 12 N–H and O–H groups in total. The minimum absolute atomic E-state index is 0.584. The molecule has 18 atom stereocenters. The first-order valence-electron chi connectivity index (χ1n) is 13.9. The number of carbonyl (C=O) groups is 4. The van der Waals surface area contributed by atoms with Crippen LogP contribution >= 0.6 is 0 Å². The number of aliphatic carboxylic acids is 4. The van der Waals surface area contributed by atoms with Gasteiger partial charge in [0, 0.05) is 12.8 Å². The maximum atomic E-state index is 12.1. The van der Waals surface area contributed by atoms with Gasteiger partial charge >= 0.3 is 23.9 Å². The molecule has 4 heterocycles. The number of ether oxygens (including phenoxy) is 7. The van der Waals surface area contributed by atoms with Crippen molar-refractivity contribution in [3.8, 4) is 0 Å². The Morgan fingerprint density at radius 3 is 1.38 bits per heavy atom. The Bertz CT molecular complexity index is 1150. The van der Waals surface area contributed by atoms with Crippen molar-refractivity contribution in [2.45, 2.75) is 123 Å². The summed E-state index contributed by atoms with van der Waals surface area (Å²) in [6.07, 6.45) is -37.6. The van der Waals surface area contributed by atoms with Gasteiger partial charge in [0.25, 0.3) is 0 Å². The van der Waals surface area contributed by atoms with Crippen LogP contribution in [0.5, 0.6) is 0 Å². The molecule has 4 aliphatic rings. The van der Waals surface area contributed by atoms with E-state index in [4.69, 9.17) is 33.2 Å². The van der Waals surface area contributed by atoms with E-state index in [2.05, 4.69) is 0 Å². The molecule has 0 aromatic heterocycles. The van der Waals surface area contributed by atoms with Gasteiger partial charge in [0.05, 0.1) is 0 Å². The third kappa shape index (κ3) is 7.79. The second-order valence-corrected chi connectivity index (χ2v) is 11.1. The van der Waals surface area contributed by atoms with E-state index in [0.717, 1.165) is 0 Å². The second kappa shape index (κ2) is 14.8. The van der Waals surface area contributed by atoms with Gasteiger partial charge in [-0.05, 0) is 0 Å². The maximum absolute atomic E-state index is 12.1. The van der Waals surface area contributed by atoms with Crippen molar-refractivity contribution in [3.63, 3.8) is 0 Å². The molecule has 0 aliphatic carbocycles. The van der Waals surface area contributed by atoms with Crippen LogP contribution in [0.15, 0.2) is 0 Å². The molecule has 4 saturated heterocycles. The second-order valence-electron chi connectivity index (χ2n) is 11.1. The Balaban J connectivity index is 1.46. The Morgan fingerprint density at radius 2 is 0.872 bits per heavy atom. The average molecular weight is 691 g/mol. The lowest BCUT2D eigenvalue weighted by Crippen LogP contribution is -2.65. The van der Waals surface area contributed by atoms with E-state index < -0.39 is 147 Å². The van der Waals surface area contributed by atoms with Gasteiger partial charge in [-0.2, -0.15) is 0 Å². The Kier molecular flexibility index (Phi) is 11.7. The molecule has 4 aliphatic heterocycles. The van der Waals surface area contributed by atoms with Crippen LogP contribution in [0, 0.1) is 0 Å². The highest BCUT2D eigenvalue weighted by molar-refractivity contribution is 5.74. The number of aliphatic hydroxyl groups is 8. The first kappa shape index (κ1) is 37.1. The number of hydrogen-bond donors (Lipinski definition) is 12. The lowest BCUT2D eigenvalue weighted by molar-refractivity contribution is -0.363. The molecule has 0 amide bonds. The fourth-order valence-corrected chi connectivity index (χ4v) is 5.38. The van der Waals surface area contributed by atoms with Crippen LogP contribution in [0.25, 0.3) is 0 Å². The highest BCUT2D eigenvalue weighted by Crippen LogP contribution is 2.34. The Hall–Kier alpha value is -2.72. The summed E-state index contributed by atoms with van der Waals surface area (Å²) in [4.78, 5) is 47.0. The summed E-state index contributed by atoms with van der Waals surface area (Å²) >= 11 is 0. The predicted molar refractivity (Wildman–Crippen MR) is 133 cm³/mol. The van der Waals surface area contributed by atoms with Gasteiger partial charge in [-0.3, -0.25) is 0 Å². The minimum atomic E-state index is -2.25. The van der Waals surface area contributed by atoms with Crippen LogP contribution in [0.3, 0.4) is 0 Å². The summed E-state index contributed by atoms with van der Waals surface area (Å²) in [6, 6.07) is 0. The van der Waals surface area contributed by atoms with Gasteiger partial charge < -0.3 is 94.4 Å². The summed E-state index contributed by atoms with van der Waals surface area (Å²) < 4.78 is 36.2. The van der Waals surface area contributed by atoms with E-state index in [1.54, 1.807) is 0 Å². The summed E-state index contributed by atoms with van der Waals surface area (Å²) in [5.41, 5.74) is 0. The fourth-order valence-electron chi connectivity index (χ4n) is 5.38. The van der Waals surface area contributed by atoms with Crippen molar-refractivity contribution < 1.29 is 114 Å². The molecular formula is C24H34O23. The van der Waals surface area contributed by atoms with Crippen LogP contribution in [0.2, 0.25) is 0 Å². The van der Waals surface area contributed by atoms with E-state index in [-0.39, 0.29) is 0 Å². The van der Waals surface area contributed by atoms with Crippen molar-refractivity contribution in [2.24, 2.45) is 0 Å². The molecule has 23 heteroatoms. The maximum Gasteiger partial charge on any atom is 0.335 e. The number of rotatable bonds is 10. The van der Waals surface area contributed by atoms with Crippen LogP contribution in [0.4, 0.5) is 0 Å². The molecule has 0 aromatic carbocycles. The minimum Gasteiger partial charge on any atom is -0.479 e. The molecule has 16 unspecified atom stereocenters. The zero-order valence-electron chi connectivity index (χ0n) is 23.7. The van der Waals surface area contributed by atoms with Crippen molar-refractivity contribution in [1.82, 2.24) is 0 Å². The van der Waals surface area contributed by atoms with Crippen molar-refractivity contribution in [3.05, 3.63) is 0 Å². The van der Waals surface area contributed by atoms with Gasteiger partial charge in [0.15, 0.2) is 49.6 Å². The normalized spacial score (nSPS) is 47.6. The van der Waals surface area contributed by atoms with Crippen molar-refractivity contribution in [1.29, 1.82) is 0 Å². The molecule has 4 fully saturated rings. The topological polar surface area (TPSA) is 376 Å². The highest BCUT2D eigenvalue weighted by Gasteiger charge is 2.55. The molecule has 268 valence electrons. The van der Waals surface area contributed by atoms with Gasteiger partial charge in [0.2, 0.25) is 0 Å². The zero-order chi connectivity index (χ0) is 35.1. The van der Waals surface area contributed by atoms with Crippen molar-refractivity contribution in [2.75, 3.05) is 0 Å². The summed E-state index contributed by atoms with van der Waals surface area (Å²) in [7, 11) is 0. The van der Waals surface area contributed by atoms with E-state index in [1.807, 2.05) is 0 Å². The van der Waals surface area contributed by atoms with Gasteiger partial charge in [0.1, 0.15) is 61.0 Å². The average Bonchev–Trinajstić information content (AvgIpc) is 2.99. The molecule has 0 bridgehead atoms. The highest BCUT2D eigenvalue weighted by atomic mass is 16.8. The molecule has 4 rings (SSSR count). The van der Waals surface area contributed by atoms with Gasteiger partial charge in [-0.15, -0.1) is 0 Å². The monoisotopic (exact) mass is 690 g/mol. The molecule has 0 radical (unpaired) electrons. The number of hydrogen-bond acceptors (Lipinski definition) is 19. The zero-order valence-corrected chi connectivity index (χ0v) is 23.7. The summed E-state index contributed by atoms with van der Waals surface area (Å²) in [5, 5.41) is 120. The SMILES string of the molecule is O=C(O)C1OC(OC2CC(O)C(OC3C(C(=O)O)OC(OC4CC(O)C(O)O[C@H]4C(=O)O)C(O)C3O)O[C@H]2C(=O)O)C(O)C(O)C1O. The third-order valence-corrected chi connectivity index (χ3v) is 7.83. The smallest absolute Gasteiger partial charge is 0.335 e. The molecule has 0 aromatic rings. The number of carboxylic acid groups (broad SMARTS) is 4. The number of carboxylic acids is 4. The summed E-state index contributed by atoms with van der Waals surface area (Å²) in [5.74, 6) is -7.06. The fraction of sp³-hybridized carbons (Fsp3) is 0.833. The largest absolute Gasteiger partial charge is 0.479 e. The van der Waals surface area contributed by atoms with E-state index in [0.29, 0.717) is 0 Å². The molecule has 0 saturated carbocycles. The molecule has 23 nitrogen and oxygen atoms in total. The third-order valence-electron chi connectivity index (χ3n) is 7.83. The lowest BCUT2D eigenvalue weighted by Gasteiger charge is -2.46. The first-order chi connectivity index (χ1) is 21.9. The lowest BCUT2D eigenvalue weighted by atomic mass is 9.96. The quantitative estimate of drug-likeness (QED) is 0.101. The van der Waals surface area contributed by atoms with E-state index >= 15 is 0 Å². The molecule has 47 heavy (non-hydrogen) atoms. The van der Waals surface area contributed by atoms with Crippen LogP contribution in [-0.2, 0) is 52.3 Å². The van der Waals surface area contributed by atoms with Crippen LogP contribution < -0.4 is 0 Å².